The van der Waals surface area contributed by atoms with Gasteiger partial charge in [-0.2, -0.15) is 0 Å². The van der Waals surface area contributed by atoms with Gasteiger partial charge in [0.05, 0.1) is 12.6 Å². The van der Waals surface area contributed by atoms with Crippen molar-refractivity contribution in [3.63, 3.8) is 0 Å². The molecule has 1 N–H and O–H groups in total. The van der Waals surface area contributed by atoms with E-state index in [-0.39, 0.29) is 0 Å². The van der Waals surface area contributed by atoms with E-state index in [0.717, 1.165) is 17.8 Å². The van der Waals surface area contributed by atoms with Crippen molar-refractivity contribution in [2.45, 2.75) is 20.0 Å². The molecule has 0 aliphatic carbocycles. The lowest BCUT2D eigenvalue weighted by atomic mass is 10.1. The third kappa shape index (κ3) is 3.00. The van der Waals surface area contributed by atoms with Crippen molar-refractivity contribution in [3.8, 4) is 12.3 Å². The second kappa shape index (κ2) is 5.43. The van der Waals surface area contributed by atoms with E-state index in [1.54, 1.807) is 6.92 Å². The summed E-state index contributed by atoms with van der Waals surface area (Å²) >= 11 is 0. The summed E-state index contributed by atoms with van der Waals surface area (Å²) < 4.78 is 0. The zero-order chi connectivity index (χ0) is 11.3. The molecule has 0 fully saturated rings. The highest BCUT2D eigenvalue weighted by Gasteiger charge is 2.04. The Morgan fingerprint density at radius 1 is 1.40 bits per heavy atom. The Balaban J connectivity index is 2.83. The number of nitrogens with zero attached hydrogens (tertiary/aromatic N) is 1. The van der Waals surface area contributed by atoms with Crippen LogP contribution in [-0.2, 0) is 0 Å². The molecule has 15 heavy (non-hydrogen) atoms. The molecule has 2 heteroatoms. The second-order valence-corrected chi connectivity index (χ2v) is 3.49. The number of aliphatic hydroxyl groups excluding tert-OH is 1. The zero-order valence-corrected chi connectivity index (χ0v) is 9.27. The average molecular weight is 203 g/mol. The minimum Gasteiger partial charge on any atom is -0.389 e. The first-order chi connectivity index (χ1) is 7.19. The molecule has 0 aliphatic heterocycles. The number of rotatable bonds is 4. The van der Waals surface area contributed by atoms with Gasteiger partial charge in [0, 0.05) is 12.2 Å². The van der Waals surface area contributed by atoms with Crippen molar-refractivity contribution in [2.24, 2.45) is 0 Å². The molecular formula is C13H17NO. The van der Waals surface area contributed by atoms with Crippen LogP contribution in [0.2, 0.25) is 0 Å². The highest BCUT2D eigenvalue weighted by molar-refractivity contribution is 5.48. The number of benzene rings is 1. The maximum absolute atomic E-state index is 9.37. The quantitative estimate of drug-likeness (QED) is 0.758. The molecule has 0 radical (unpaired) electrons. The summed E-state index contributed by atoms with van der Waals surface area (Å²) in [6.45, 7) is 5.33. The molecule has 0 aromatic heterocycles. The maximum Gasteiger partial charge on any atom is 0.0791 e. The van der Waals surface area contributed by atoms with Crippen LogP contribution in [0, 0.1) is 12.3 Å². The van der Waals surface area contributed by atoms with Gasteiger partial charge in [-0.1, -0.05) is 18.1 Å². The fourth-order valence-corrected chi connectivity index (χ4v) is 1.46. The molecule has 1 aromatic rings. The monoisotopic (exact) mass is 203 g/mol. The summed E-state index contributed by atoms with van der Waals surface area (Å²) in [5.74, 6) is 2.63. The predicted molar refractivity (Wildman–Crippen MR) is 63.8 cm³/mol. The molecule has 2 nitrogen and oxygen atoms in total. The molecular weight excluding hydrogens is 186 g/mol. The second-order valence-electron chi connectivity index (χ2n) is 3.49. The highest BCUT2D eigenvalue weighted by Crippen LogP contribution is 2.18. The Bertz CT molecular complexity index is 335. The smallest absolute Gasteiger partial charge is 0.0791 e. The van der Waals surface area contributed by atoms with Crippen LogP contribution in [0.15, 0.2) is 24.3 Å². The van der Waals surface area contributed by atoms with Gasteiger partial charge in [0.15, 0.2) is 0 Å². The van der Waals surface area contributed by atoms with Crippen molar-refractivity contribution in [1.82, 2.24) is 0 Å². The minimum atomic E-state index is -0.415. The summed E-state index contributed by atoms with van der Waals surface area (Å²) in [7, 11) is 0. The summed E-state index contributed by atoms with van der Waals surface area (Å²) in [5.41, 5.74) is 2.02. The molecule has 0 aliphatic rings. The normalized spacial score (nSPS) is 11.9. The number of anilines is 1. The maximum atomic E-state index is 9.37. The Morgan fingerprint density at radius 2 is 2.00 bits per heavy atom. The van der Waals surface area contributed by atoms with Gasteiger partial charge >= 0.3 is 0 Å². The van der Waals surface area contributed by atoms with E-state index in [2.05, 4.69) is 17.7 Å². The van der Waals surface area contributed by atoms with Crippen molar-refractivity contribution in [1.29, 1.82) is 0 Å². The van der Waals surface area contributed by atoms with E-state index in [1.165, 1.54) is 0 Å². The summed E-state index contributed by atoms with van der Waals surface area (Å²) in [4.78, 5) is 2.10. The largest absolute Gasteiger partial charge is 0.389 e. The Kier molecular flexibility index (Phi) is 4.20. The Hall–Kier alpha value is -1.46. The number of terminal acetylenes is 1. The zero-order valence-electron chi connectivity index (χ0n) is 9.27. The van der Waals surface area contributed by atoms with Crippen molar-refractivity contribution in [3.05, 3.63) is 29.8 Å². The molecule has 0 amide bonds. The average Bonchev–Trinajstić information content (AvgIpc) is 2.26. The summed E-state index contributed by atoms with van der Waals surface area (Å²) in [5, 5.41) is 9.37. The molecule has 0 saturated heterocycles. The number of hydrogen-bond acceptors (Lipinski definition) is 2. The van der Waals surface area contributed by atoms with Crippen molar-refractivity contribution in [2.75, 3.05) is 18.0 Å². The standard InChI is InChI=1S/C13H17NO/c1-4-10-14(5-2)13-8-6-12(7-9-13)11(3)15/h1,6-9,11,15H,5,10H2,2-3H3/t11-/m0/s1. The fraction of sp³-hybridized carbons (Fsp3) is 0.385. The van der Waals surface area contributed by atoms with Crippen LogP contribution in [0.25, 0.3) is 0 Å². The number of hydrogen-bond donors (Lipinski definition) is 1. The van der Waals surface area contributed by atoms with E-state index in [9.17, 15) is 5.11 Å². The molecule has 0 heterocycles. The van der Waals surface area contributed by atoms with E-state index in [4.69, 9.17) is 6.42 Å². The van der Waals surface area contributed by atoms with Gasteiger partial charge in [0.1, 0.15) is 0 Å². The van der Waals surface area contributed by atoms with Gasteiger partial charge in [0.2, 0.25) is 0 Å². The van der Waals surface area contributed by atoms with E-state index < -0.39 is 6.10 Å². The highest BCUT2D eigenvalue weighted by atomic mass is 16.3. The SMILES string of the molecule is C#CCN(CC)c1ccc([C@H](C)O)cc1. The van der Waals surface area contributed by atoms with Crippen LogP contribution in [0.4, 0.5) is 5.69 Å². The lowest BCUT2D eigenvalue weighted by Gasteiger charge is -2.20. The molecule has 80 valence electrons. The third-order valence-corrected chi connectivity index (χ3v) is 2.40. The van der Waals surface area contributed by atoms with Crippen LogP contribution < -0.4 is 4.90 Å². The Labute approximate surface area is 91.5 Å². The van der Waals surface area contributed by atoms with Crippen molar-refractivity contribution < 1.29 is 5.11 Å². The first kappa shape index (κ1) is 11.6. The summed E-state index contributed by atoms with van der Waals surface area (Å²) in [6, 6.07) is 7.84. The molecule has 0 spiro atoms. The topological polar surface area (TPSA) is 23.5 Å². The van der Waals surface area contributed by atoms with Crippen molar-refractivity contribution >= 4 is 5.69 Å². The first-order valence-corrected chi connectivity index (χ1v) is 5.15. The molecule has 0 unspecified atom stereocenters. The number of aliphatic hydroxyl groups is 1. The van der Waals surface area contributed by atoms with Crippen LogP contribution >= 0.6 is 0 Å². The summed E-state index contributed by atoms with van der Waals surface area (Å²) in [6.07, 6.45) is 4.87. The lowest BCUT2D eigenvalue weighted by Crippen LogP contribution is -2.22. The van der Waals surface area contributed by atoms with Crippen LogP contribution in [0.1, 0.15) is 25.5 Å². The van der Waals surface area contributed by atoms with E-state index in [0.29, 0.717) is 6.54 Å². The molecule has 0 bridgehead atoms. The molecule has 0 saturated carbocycles. The van der Waals surface area contributed by atoms with Crippen LogP contribution in [0.5, 0.6) is 0 Å². The van der Waals surface area contributed by atoms with Gasteiger partial charge in [0.25, 0.3) is 0 Å². The van der Waals surface area contributed by atoms with Crippen LogP contribution in [-0.4, -0.2) is 18.2 Å². The van der Waals surface area contributed by atoms with Crippen LogP contribution in [0.3, 0.4) is 0 Å². The predicted octanol–water partition coefficient (Wildman–Crippen LogP) is 2.20. The minimum absolute atomic E-state index is 0.415. The Morgan fingerprint density at radius 3 is 2.40 bits per heavy atom. The molecule has 1 atom stereocenters. The van der Waals surface area contributed by atoms with Gasteiger partial charge in [-0.25, -0.2) is 0 Å². The lowest BCUT2D eigenvalue weighted by molar-refractivity contribution is 0.199. The molecule has 1 aromatic carbocycles. The van der Waals surface area contributed by atoms with E-state index in [1.807, 2.05) is 24.3 Å². The first-order valence-electron chi connectivity index (χ1n) is 5.15. The molecule has 1 rings (SSSR count). The fourth-order valence-electron chi connectivity index (χ4n) is 1.46. The third-order valence-electron chi connectivity index (χ3n) is 2.40. The van der Waals surface area contributed by atoms with Gasteiger partial charge in [-0.3, -0.25) is 0 Å². The van der Waals surface area contributed by atoms with Gasteiger partial charge < -0.3 is 10.0 Å². The van der Waals surface area contributed by atoms with E-state index >= 15 is 0 Å². The van der Waals surface area contributed by atoms with Gasteiger partial charge in [-0.15, -0.1) is 6.42 Å². The van der Waals surface area contributed by atoms with Gasteiger partial charge in [-0.05, 0) is 31.5 Å².